The summed E-state index contributed by atoms with van der Waals surface area (Å²) in [6, 6.07) is 3.40. The Labute approximate surface area is 114 Å². The van der Waals surface area contributed by atoms with Gasteiger partial charge >= 0.3 is 6.18 Å². The van der Waals surface area contributed by atoms with Crippen molar-refractivity contribution in [2.45, 2.75) is 30.5 Å². The Kier molecular flexibility index (Phi) is 5.49. The van der Waals surface area contributed by atoms with Gasteiger partial charge in [-0.3, -0.25) is 0 Å². The molecule has 1 rings (SSSR count). The molecule has 114 valence electrons. The number of rotatable bonds is 6. The van der Waals surface area contributed by atoms with E-state index in [1.807, 2.05) is 4.72 Å². The first-order valence-corrected chi connectivity index (χ1v) is 7.19. The number of nitrogens with one attached hydrogen (secondary N) is 1. The minimum Gasteiger partial charge on any atom is -0.326 e. The molecule has 0 heterocycles. The molecule has 20 heavy (non-hydrogen) atoms. The monoisotopic (exact) mass is 314 g/mol. The fourth-order valence-corrected chi connectivity index (χ4v) is 2.89. The Morgan fingerprint density at radius 1 is 1.25 bits per heavy atom. The number of hydrogen-bond donors (Lipinski definition) is 2. The fraction of sp³-hybridized carbons (Fsp3) is 0.455. The lowest BCUT2D eigenvalue weighted by Gasteiger charge is -2.11. The van der Waals surface area contributed by atoms with E-state index in [2.05, 4.69) is 0 Å². The molecule has 3 N–H and O–H groups in total. The van der Waals surface area contributed by atoms with Crippen molar-refractivity contribution < 1.29 is 26.0 Å². The molecule has 0 radical (unpaired) electrons. The Morgan fingerprint density at radius 2 is 1.90 bits per heavy atom. The van der Waals surface area contributed by atoms with E-state index in [9.17, 15) is 26.0 Å². The highest BCUT2D eigenvalue weighted by atomic mass is 32.2. The molecule has 0 aliphatic rings. The standard InChI is InChI=1S/C11H14F4N2O2S/c12-9-3-1-4-10(8(9)7-16)20(18,19)17-6-2-5-11(13,14)15/h1,3-4,17H,2,5-7,16H2. The molecule has 0 saturated carbocycles. The van der Waals surface area contributed by atoms with Gasteiger partial charge in [0.2, 0.25) is 10.0 Å². The summed E-state index contributed by atoms with van der Waals surface area (Å²) in [5.41, 5.74) is 5.08. The Hall–Kier alpha value is -1.19. The van der Waals surface area contributed by atoms with E-state index in [0.29, 0.717) is 0 Å². The van der Waals surface area contributed by atoms with Crippen LogP contribution in [0.3, 0.4) is 0 Å². The largest absolute Gasteiger partial charge is 0.389 e. The molecule has 4 nitrogen and oxygen atoms in total. The van der Waals surface area contributed by atoms with Gasteiger partial charge in [0.05, 0.1) is 4.90 Å². The van der Waals surface area contributed by atoms with Crippen LogP contribution in [-0.4, -0.2) is 21.1 Å². The summed E-state index contributed by atoms with van der Waals surface area (Å²) in [6.07, 6.45) is -5.83. The van der Waals surface area contributed by atoms with Crippen molar-refractivity contribution in [2.75, 3.05) is 6.54 Å². The summed E-state index contributed by atoms with van der Waals surface area (Å²) in [7, 11) is -4.08. The maximum atomic E-state index is 13.4. The summed E-state index contributed by atoms with van der Waals surface area (Å²) in [4.78, 5) is -0.355. The maximum absolute atomic E-state index is 13.4. The van der Waals surface area contributed by atoms with Crippen molar-refractivity contribution in [3.05, 3.63) is 29.6 Å². The minimum absolute atomic E-state index is 0.198. The van der Waals surface area contributed by atoms with Gasteiger partial charge in [-0.15, -0.1) is 0 Å². The van der Waals surface area contributed by atoms with Crippen molar-refractivity contribution >= 4 is 10.0 Å². The summed E-state index contributed by atoms with van der Waals surface area (Å²) in [5, 5.41) is 0. The highest BCUT2D eigenvalue weighted by Crippen LogP contribution is 2.21. The zero-order valence-electron chi connectivity index (χ0n) is 10.4. The SMILES string of the molecule is NCc1c(F)cccc1S(=O)(=O)NCCCC(F)(F)F. The van der Waals surface area contributed by atoms with Crippen molar-refractivity contribution in [3.8, 4) is 0 Å². The van der Waals surface area contributed by atoms with Crippen LogP contribution in [0.4, 0.5) is 17.6 Å². The van der Waals surface area contributed by atoms with Crippen LogP contribution in [0.1, 0.15) is 18.4 Å². The van der Waals surface area contributed by atoms with E-state index in [1.165, 1.54) is 6.07 Å². The summed E-state index contributed by atoms with van der Waals surface area (Å²) in [6.45, 7) is -0.714. The molecule has 0 atom stereocenters. The van der Waals surface area contributed by atoms with Crippen LogP contribution in [0.25, 0.3) is 0 Å². The first kappa shape index (κ1) is 16.9. The van der Waals surface area contributed by atoms with Crippen LogP contribution in [0.15, 0.2) is 23.1 Å². The van der Waals surface area contributed by atoms with Gasteiger partial charge in [0.1, 0.15) is 5.82 Å². The average molecular weight is 314 g/mol. The quantitative estimate of drug-likeness (QED) is 0.622. The van der Waals surface area contributed by atoms with Crippen LogP contribution in [0, 0.1) is 5.82 Å². The summed E-state index contributed by atoms with van der Waals surface area (Å²) < 4.78 is 74.9. The number of nitrogens with two attached hydrogens (primary N) is 1. The summed E-state index contributed by atoms with van der Waals surface area (Å²) in [5.74, 6) is -0.773. The maximum Gasteiger partial charge on any atom is 0.389 e. The molecule has 0 aliphatic carbocycles. The Balaban J connectivity index is 2.77. The van der Waals surface area contributed by atoms with Gasteiger partial charge in [-0.25, -0.2) is 17.5 Å². The van der Waals surface area contributed by atoms with Crippen molar-refractivity contribution in [3.63, 3.8) is 0 Å². The predicted octanol–water partition coefficient (Wildman–Crippen LogP) is 1.91. The number of benzene rings is 1. The van der Waals surface area contributed by atoms with Crippen LogP contribution in [0.2, 0.25) is 0 Å². The third kappa shape index (κ3) is 4.73. The molecule has 0 bridgehead atoms. The Bertz CT molecular complexity index is 558. The van der Waals surface area contributed by atoms with Crippen LogP contribution in [0.5, 0.6) is 0 Å². The Morgan fingerprint density at radius 3 is 2.45 bits per heavy atom. The van der Waals surface area contributed by atoms with Crippen molar-refractivity contribution in [1.82, 2.24) is 4.72 Å². The number of alkyl halides is 3. The van der Waals surface area contributed by atoms with E-state index in [-0.39, 0.29) is 23.5 Å². The number of sulfonamides is 1. The zero-order valence-corrected chi connectivity index (χ0v) is 11.2. The summed E-state index contributed by atoms with van der Waals surface area (Å²) >= 11 is 0. The van der Waals surface area contributed by atoms with Gasteiger partial charge in [-0.2, -0.15) is 13.2 Å². The number of halogens is 4. The molecule has 0 saturated heterocycles. The predicted molar refractivity (Wildman–Crippen MR) is 64.8 cm³/mol. The molecule has 0 aliphatic heterocycles. The van der Waals surface area contributed by atoms with E-state index < -0.39 is 34.9 Å². The lowest BCUT2D eigenvalue weighted by Crippen LogP contribution is -2.27. The molecular weight excluding hydrogens is 300 g/mol. The average Bonchev–Trinajstić information content (AvgIpc) is 2.33. The highest BCUT2D eigenvalue weighted by Gasteiger charge is 2.26. The second kappa shape index (κ2) is 6.51. The van der Waals surface area contributed by atoms with Crippen LogP contribution in [-0.2, 0) is 16.6 Å². The molecule has 1 aromatic carbocycles. The zero-order chi connectivity index (χ0) is 15.4. The minimum atomic E-state index is -4.34. The molecule has 0 amide bonds. The van der Waals surface area contributed by atoms with Gasteiger partial charge in [0, 0.05) is 25.1 Å². The van der Waals surface area contributed by atoms with E-state index in [1.54, 1.807) is 0 Å². The molecule has 0 spiro atoms. The lowest BCUT2D eigenvalue weighted by atomic mass is 10.2. The first-order valence-electron chi connectivity index (χ1n) is 5.71. The third-order valence-electron chi connectivity index (χ3n) is 2.50. The van der Waals surface area contributed by atoms with Gasteiger partial charge in [-0.1, -0.05) is 6.07 Å². The molecular formula is C11H14F4N2O2S. The van der Waals surface area contributed by atoms with Gasteiger partial charge < -0.3 is 5.73 Å². The van der Waals surface area contributed by atoms with E-state index in [4.69, 9.17) is 5.73 Å². The molecule has 1 aromatic rings. The van der Waals surface area contributed by atoms with E-state index in [0.717, 1.165) is 12.1 Å². The van der Waals surface area contributed by atoms with Crippen molar-refractivity contribution in [2.24, 2.45) is 5.73 Å². The number of hydrogen-bond acceptors (Lipinski definition) is 3. The fourth-order valence-electron chi connectivity index (χ4n) is 1.56. The van der Waals surface area contributed by atoms with Crippen molar-refractivity contribution in [1.29, 1.82) is 0 Å². The highest BCUT2D eigenvalue weighted by molar-refractivity contribution is 7.89. The van der Waals surface area contributed by atoms with Crippen LogP contribution >= 0.6 is 0 Å². The molecule has 0 fully saturated rings. The van der Waals surface area contributed by atoms with E-state index >= 15 is 0 Å². The molecule has 9 heteroatoms. The van der Waals surface area contributed by atoms with Gasteiger partial charge in [0.15, 0.2) is 0 Å². The molecule has 0 unspecified atom stereocenters. The first-order chi connectivity index (χ1) is 9.17. The second-order valence-electron chi connectivity index (χ2n) is 4.04. The van der Waals surface area contributed by atoms with Gasteiger partial charge in [0.25, 0.3) is 0 Å². The smallest absolute Gasteiger partial charge is 0.326 e. The topological polar surface area (TPSA) is 72.2 Å². The second-order valence-corrected chi connectivity index (χ2v) is 5.77. The van der Waals surface area contributed by atoms with Crippen LogP contribution < -0.4 is 10.5 Å². The lowest BCUT2D eigenvalue weighted by molar-refractivity contribution is -0.135. The van der Waals surface area contributed by atoms with Gasteiger partial charge in [-0.05, 0) is 18.6 Å². The normalized spacial score (nSPS) is 12.7. The molecule has 0 aromatic heterocycles. The third-order valence-corrected chi connectivity index (χ3v) is 4.04.